The van der Waals surface area contributed by atoms with Crippen LogP contribution < -0.4 is 4.72 Å². The SMILES string of the molecule is O=S(=O)(Nc1ccc2c(c1)C(/C=C/c1ccccn1)=NC2)c1cc(F)cc(F)c1. The average Bonchev–Trinajstić information content (AvgIpc) is 3.08. The lowest BCUT2D eigenvalue weighted by molar-refractivity contribution is 0.568. The van der Waals surface area contributed by atoms with Crippen LogP contribution >= 0.6 is 0 Å². The normalized spacial score (nSPS) is 13.4. The van der Waals surface area contributed by atoms with Crippen LogP contribution in [0.4, 0.5) is 14.5 Å². The maximum absolute atomic E-state index is 13.4. The van der Waals surface area contributed by atoms with Gasteiger partial charge in [-0.2, -0.15) is 0 Å². The van der Waals surface area contributed by atoms with Crippen molar-refractivity contribution < 1.29 is 17.2 Å². The van der Waals surface area contributed by atoms with Gasteiger partial charge >= 0.3 is 0 Å². The first-order valence-corrected chi connectivity index (χ1v) is 10.1. The van der Waals surface area contributed by atoms with E-state index in [0.717, 1.165) is 29.0 Å². The number of hydrogen-bond donors (Lipinski definition) is 1. The third-order valence-electron chi connectivity index (χ3n) is 4.30. The van der Waals surface area contributed by atoms with Gasteiger partial charge in [-0.15, -0.1) is 0 Å². The number of nitrogens with zero attached hydrogens (tertiary/aromatic N) is 2. The van der Waals surface area contributed by atoms with Gasteiger partial charge in [0, 0.05) is 23.5 Å². The first-order valence-electron chi connectivity index (χ1n) is 8.66. The van der Waals surface area contributed by atoms with E-state index in [9.17, 15) is 17.2 Å². The van der Waals surface area contributed by atoms with Crippen LogP contribution in [0.15, 0.2) is 76.8 Å². The van der Waals surface area contributed by atoms with Crippen molar-refractivity contribution in [3.63, 3.8) is 0 Å². The van der Waals surface area contributed by atoms with Crippen molar-refractivity contribution in [1.82, 2.24) is 4.98 Å². The summed E-state index contributed by atoms with van der Waals surface area (Å²) in [5, 5.41) is 0. The Morgan fingerprint density at radius 3 is 2.48 bits per heavy atom. The summed E-state index contributed by atoms with van der Waals surface area (Å²) in [5.74, 6) is -1.93. The molecule has 8 heteroatoms. The zero-order valence-electron chi connectivity index (χ0n) is 15.0. The molecule has 0 radical (unpaired) electrons. The molecule has 0 spiro atoms. The van der Waals surface area contributed by atoms with Gasteiger partial charge in [0.2, 0.25) is 0 Å². The van der Waals surface area contributed by atoms with Crippen molar-refractivity contribution in [1.29, 1.82) is 0 Å². The Labute approximate surface area is 166 Å². The summed E-state index contributed by atoms with van der Waals surface area (Å²) >= 11 is 0. The van der Waals surface area contributed by atoms with E-state index in [1.807, 2.05) is 30.4 Å². The number of allylic oxidation sites excluding steroid dienone is 1. The Hall–Kier alpha value is -3.39. The van der Waals surface area contributed by atoms with Crippen molar-refractivity contribution >= 4 is 27.5 Å². The molecular formula is C21H15F2N3O2S. The third kappa shape index (κ3) is 4.22. The van der Waals surface area contributed by atoms with E-state index in [-0.39, 0.29) is 5.69 Å². The van der Waals surface area contributed by atoms with Crippen LogP contribution in [0.25, 0.3) is 6.08 Å². The van der Waals surface area contributed by atoms with Gasteiger partial charge < -0.3 is 0 Å². The van der Waals surface area contributed by atoms with Crippen LogP contribution in [-0.2, 0) is 16.6 Å². The van der Waals surface area contributed by atoms with Gasteiger partial charge in [0.25, 0.3) is 10.0 Å². The van der Waals surface area contributed by atoms with Crippen LogP contribution in [0.3, 0.4) is 0 Å². The van der Waals surface area contributed by atoms with E-state index in [0.29, 0.717) is 18.3 Å². The van der Waals surface area contributed by atoms with E-state index in [4.69, 9.17) is 0 Å². The fourth-order valence-electron chi connectivity index (χ4n) is 2.95. The number of benzene rings is 2. The van der Waals surface area contributed by atoms with E-state index >= 15 is 0 Å². The lowest BCUT2D eigenvalue weighted by atomic mass is 10.0. The standard InChI is InChI=1S/C21H15F2N3O2S/c22-15-9-16(23)11-19(10-15)29(27,28)26-18-5-4-14-13-25-21(20(14)12-18)7-6-17-3-1-2-8-24-17/h1-12,26H,13H2/b7-6+. The Balaban J connectivity index is 1.60. The van der Waals surface area contributed by atoms with Crippen LogP contribution in [0, 0.1) is 11.6 Å². The summed E-state index contributed by atoms with van der Waals surface area (Å²) in [4.78, 5) is 8.19. The molecule has 146 valence electrons. The summed E-state index contributed by atoms with van der Waals surface area (Å²) < 4.78 is 54.1. The number of fused-ring (bicyclic) bond motifs is 1. The van der Waals surface area contributed by atoms with Gasteiger partial charge in [-0.05, 0) is 54.1 Å². The van der Waals surface area contributed by atoms with Crippen molar-refractivity contribution in [3.05, 3.63) is 95.3 Å². The Morgan fingerprint density at radius 1 is 0.966 bits per heavy atom. The lowest BCUT2D eigenvalue weighted by Gasteiger charge is -2.10. The van der Waals surface area contributed by atoms with Crippen molar-refractivity contribution in [3.8, 4) is 0 Å². The molecule has 0 bridgehead atoms. The first kappa shape index (κ1) is 18.9. The fourth-order valence-corrected chi connectivity index (χ4v) is 4.04. The van der Waals surface area contributed by atoms with E-state index in [2.05, 4.69) is 14.7 Å². The Morgan fingerprint density at radius 2 is 1.76 bits per heavy atom. The van der Waals surface area contributed by atoms with Crippen LogP contribution in [0.1, 0.15) is 16.8 Å². The van der Waals surface area contributed by atoms with Crippen molar-refractivity contribution in [2.45, 2.75) is 11.4 Å². The summed E-state index contributed by atoms with van der Waals surface area (Å²) in [5.41, 5.74) is 3.47. The molecule has 0 aliphatic carbocycles. The van der Waals surface area contributed by atoms with Gasteiger partial charge in [-0.1, -0.05) is 12.1 Å². The molecule has 0 unspecified atom stereocenters. The average molecular weight is 411 g/mol. The highest BCUT2D eigenvalue weighted by Gasteiger charge is 2.19. The number of aromatic nitrogens is 1. The van der Waals surface area contributed by atoms with Gasteiger partial charge in [-0.3, -0.25) is 14.7 Å². The molecule has 0 amide bonds. The number of anilines is 1. The maximum Gasteiger partial charge on any atom is 0.262 e. The number of sulfonamides is 1. The van der Waals surface area contributed by atoms with E-state index in [1.165, 1.54) is 0 Å². The molecule has 1 N–H and O–H groups in total. The second-order valence-corrected chi connectivity index (χ2v) is 8.05. The van der Waals surface area contributed by atoms with E-state index in [1.54, 1.807) is 24.4 Å². The molecule has 3 aromatic rings. The predicted octanol–water partition coefficient (Wildman–Crippen LogP) is 4.18. The molecule has 2 heterocycles. The first-order chi connectivity index (χ1) is 13.9. The highest BCUT2D eigenvalue weighted by molar-refractivity contribution is 7.92. The maximum atomic E-state index is 13.4. The Kier molecular flexibility index (Phi) is 4.94. The minimum atomic E-state index is -4.15. The molecule has 29 heavy (non-hydrogen) atoms. The van der Waals surface area contributed by atoms with Gasteiger partial charge in [0.05, 0.1) is 22.8 Å². The summed E-state index contributed by atoms with van der Waals surface area (Å²) in [6, 6.07) is 12.7. The minimum Gasteiger partial charge on any atom is -0.280 e. The number of aliphatic imine (C=N–C) groups is 1. The molecule has 5 nitrogen and oxygen atoms in total. The second kappa shape index (κ2) is 7.56. The van der Waals surface area contributed by atoms with Gasteiger partial charge in [0.1, 0.15) is 11.6 Å². The summed E-state index contributed by atoms with van der Waals surface area (Å²) in [7, 11) is -4.15. The fraction of sp³-hybridized carbons (Fsp3) is 0.0476. The molecular weight excluding hydrogens is 396 g/mol. The van der Waals surface area contributed by atoms with Gasteiger partial charge in [0.15, 0.2) is 0 Å². The number of rotatable bonds is 5. The molecule has 1 aromatic heterocycles. The zero-order valence-corrected chi connectivity index (χ0v) is 15.8. The zero-order chi connectivity index (χ0) is 20.4. The molecule has 0 fully saturated rings. The summed E-state index contributed by atoms with van der Waals surface area (Å²) in [6.07, 6.45) is 5.32. The van der Waals surface area contributed by atoms with Gasteiger partial charge in [-0.25, -0.2) is 17.2 Å². The Bertz CT molecular complexity index is 1220. The molecule has 4 rings (SSSR count). The number of hydrogen-bond acceptors (Lipinski definition) is 4. The van der Waals surface area contributed by atoms with E-state index < -0.39 is 26.6 Å². The smallest absolute Gasteiger partial charge is 0.262 e. The molecule has 1 aliphatic rings. The lowest BCUT2D eigenvalue weighted by Crippen LogP contribution is -2.14. The molecule has 1 aliphatic heterocycles. The largest absolute Gasteiger partial charge is 0.280 e. The molecule has 0 saturated heterocycles. The third-order valence-corrected chi connectivity index (χ3v) is 5.66. The predicted molar refractivity (Wildman–Crippen MR) is 107 cm³/mol. The van der Waals surface area contributed by atoms with Crippen molar-refractivity contribution in [2.75, 3.05) is 4.72 Å². The monoisotopic (exact) mass is 411 g/mol. The second-order valence-electron chi connectivity index (χ2n) is 6.37. The van der Waals surface area contributed by atoms with Crippen LogP contribution in [0.5, 0.6) is 0 Å². The highest BCUT2D eigenvalue weighted by Crippen LogP contribution is 2.26. The quantitative estimate of drug-likeness (QED) is 0.685. The number of pyridine rings is 1. The minimum absolute atomic E-state index is 0.272. The highest BCUT2D eigenvalue weighted by atomic mass is 32.2. The topological polar surface area (TPSA) is 71.4 Å². The number of nitrogens with one attached hydrogen (secondary N) is 1. The number of halogens is 2. The van der Waals surface area contributed by atoms with Crippen LogP contribution in [0.2, 0.25) is 0 Å². The summed E-state index contributed by atoms with van der Waals surface area (Å²) in [6.45, 7) is 0.485. The molecule has 0 atom stereocenters. The molecule has 0 saturated carbocycles. The van der Waals surface area contributed by atoms with Crippen LogP contribution in [-0.4, -0.2) is 19.1 Å². The molecule has 2 aromatic carbocycles. The van der Waals surface area contributed by atoms with Crippen molar-refractivity contribution in [2.24, 2.45) is 4.99 Å².